The van der Waals surface area contributed by atoms with Gasteiger partial charge in [0.25, 0.3) is 0 Å². The molecule has 172 valence electrons. The number of hydrogen-bond acceptors (Lipinski definition) is 4. The zero-order valence-corrected chi connectivity index (χ0v) is 18.6. The van der Waals surface area contributed by atoms with Crippen molar-refractivity contribution in [2.75, 3.05) is 0 Å². The normalized spacial score (nSPS) is 19.9. The second-order valence-corrected chi connectivity index (χ2v) is 8.44. The fraction of sp³-hybridized carbons (Fsp3) is 0.103. The number of carbonyl (C=O) groups is 3. The summed E-state index contributed by atoms with van der Waals surface area (Å²) < 4.78 is 0. The van der Waals surface area contributed by atoms with E-state index in [0.29, 0.717) is 22.3 Å². The molecule has 0 spiro atoms. The molecule has 0 aromatic heterocycles. The molecule has 3 aromatic carbocycles. The van der Waals surface area contributed by atoms with Crippen molar-refractivity contribution in [3.05, 3.63) is 118 Å². The minimum absolute atomic E-state index is 0.142. The first-order chi connectivity index (χ1) is 16.8. The average molecular weight is 463 g/mol. The van der Waals surface area contributed by atoms with E-state index < -0.39 is 17.4 Å². The Hall–Kier alpha value is -4.76. The van der Waals surface area contributed by atoms with Gasteiger partial charge in [-0.1, -0.05) is 54.6 Å². The number of carbonyl (C=O) groups excluding carboxylic acids is 1. The molecule has 1 fully saturated rings. The largest absolute Gasteiger partial charge is 0.478 e. The van der Waals surface area contributed by atoms with Gasteiger partial charge in [0.05, 0.1) is 22.6 Å². The molecule has 0 saturated heterocycles. The van der Waals surface area contributed by atoms with Crippen LogP contribution in [0.3, 0.4) is 0 Å². The molecule has 2 N–H and O–H groups in total. The zero-order valence-electron chi connectivity index (χ0n) is 18.6. The molecular formula is C29H21NO5. The molecule has 1 saturated carbocycles. The van der Waals surface area contributed by atoms with Gasteiger partial charge in [0.1, 0.15) is 0 Å². The first-order valence-electron chi connectivity index (χ1n) is 10.9. The summed E-state index contributed by atoms with van der Waals surface area (Å²) in [7, 11) is 0. The molecule has 0 bridgehead atoms. The van der Waals surface area contributed by atoms with Crippen LogP contribution in [-0.4, -0.2) is 27.9 Å². The van der Waals surface area contributed by atoms with Gasteiger partial charge in [-0.15, -0.1) is 0 Å². The average Bonchev–Trinajstić information content (AvgIpc) is 2.87. The van der Waals surface area contributed by atoms with Gasteiger partial charge < -0.3 is 10.2 Å². The van der Waals surface area contributed by atoms with Crippen LogP contribution in [0.15, 0.2) is 90.0 Å². The van der Waals surface area contributed by atoms with E-state index in [1.54, 1.807) is 36.4 Å². The summed E-state index contributed by atoms with van der Waals surface area (Å²) in [5, 5.41) is 28.6. The second kappa shape index (κ2) is 9.62. The quantitative estimate of drug-likeness (QED) is 0.491. The molecule has 1 aliphatic carbocycles. The lowest BCUT2D eigenvalue weighted by Gasteiger charge is -2.33. The molecule has 0 atom stereocenters. The van der Waals surface area contributed by atoms with E-state index in [4.69, 9.17) is 10.2 Å². The van der Waals surface area contributed by atoms with Crippen LogP contribution in [0.1, 0.15) is 50.2 Å². The van der Waals surface area contributed by atoms with Crippen molar-refractivity contribution >= 4 is 29.9 Å². The van der Waals surface area contributed by atoms with Crippen molar-refractivity contribution in [1.82, 2.24) is 0 Å². The lowest BCUT2D eigenvalue weighted by molar-refractivity contribution is -0.113. The Labute approximate surface area is 202 Å². The predicted molar refractivity (Wildman–Crippen MR) is 131 cm³/mol. The topological polar surface area (TPSA) is 115 Å². The van der Waals surface area contributed by atoms with Gasteiger partial charge in [-0.25, -0.2) is 9.59 Å². The summed E-state index contributed by atoms with van der Waals surface area (Å²) in [5.74, 6) is -2.27. The van der Waals surface area contributed by atoms with Gasteiger partial charge >= 0.3 is 11.9 Å². The highest BCUT2D eigenvalue weighted by Gasteiger charge is 2.41. The Bertz CT molecular complexity index is 1310. The number of nitriles is 1. The van der Waals surface area contributed by atoms with Gasteiger partial charge in [0, 0.05) is 11.1 Å². The smallest absolute Gasteiger partial charge is 0.335 e. The lowest BCUT2D eigenvalue weighted by Crippen LogP contribution is -2.33. The Morgan fingerprint density at radius 2 is 1.17 bits per heavy atom. The Morgan fingerprint density at radius 1 is 0.743 bits per heavy atom. The Morgan fingerprint density at radius 3 is 1.54 bits per heavy atom. The van der Waals surface area contributed by atoms with Gasteiger partial charge in [0.15, 0.2) is 5.78 Å². The SMILES string of the molecule is N#CC1(c2ccccc2)C/C(=C\c2ccc(C(=O)O)cc2)C(=O)/C(=C/c2ccc(C(=O)O)cc2)C1. The van der Waals surface area contributed by atoms with Crippen LogP contribution in [0.2, 0.25) is 0 Å². The fourth-order valence-corrected chi connectivity index (χ4v) is 4.26. The number of ketones is 1. The molecule has 0 amide bonds. The third-order valence-corrected chi connectivity index (χ3v) is 6.11. The van der Waals surface area contributed by atoms with E-state index in [0.717, 1.165) is 5.56 Å². The third kappa shape index (κ3) is 4.94. The molecule has 0 aliphatic heterocycles. The molecule has 4 rings (SSSR count). The summed E-state index contributed by atoms with van der Waals surface area (Å²) in [4.78, 5) is 35.8. The van der Waals surface area contributed by atoms with Crippen molar-refractivity contribution < 1.29 is 24.6 Å². The van der Waals surface area contributed by atoms with E-state index in [1.165, 1.54) is 24.3 Å². The number of carboxylic acid groups (broad SMARTS) is 2. The highest BCUT2D eigenvalue weighted by molar-refractivity contribution is 6.14. The van der Waals surface area contributed by atoms with Gasteiger partial charge in [0.2, 0.25) is 0 Å². The maximum atomic E-state index is 13.5. The molecule has 6 nitrogen and oxygen atoms in total. The van der Waals surface area contributed by atoms with E-state index in [1.807, 2.05) is 30.3 Å². The minimum atomic E-state index is -1.04. The van der Waals surface area contributed by atoms with Gasteiger partial charge in [-0.05, 0) is 65.9 Å². The summed E-state index contributed by atoms with van der Waals surface area (Å²) in [6.07, 6.45) is 3.82. The standard InChI is InChI=1S/C29H21NO5/c30-18-29(25-4-2-1-3-5-25)16-23(14-19-6-10-21(11-7-19)27(32)33)26(31)24(17-29)15-20-8-12-22(13-9-20)28(34)35/h1-15H,16-17H2,(H,32,33)(H,34,35)/b23-14+,24-15+. The van der Waals surface area contributed by atoms with Crippen LogP contribution in [0.4, 0.5) is 0 Å². The molecular weight excluding hydrogens is 442 g/mol. The highest BCUT2D eigenvalue weighted by atomic mass is 16.4. The molecule has 0 radical (unpaired) electrons. The minimum Gasteiger partial charge on any atom is -0.478 e. The van der Waals surface area contributed by atoms with Crippen molar-refractivity contribution in [1.29, 1.82) is 5.26 Å². The first kappa shape index (κ1) is 23.4. The number of benzene rings is 3. The highest BCUT2D eigenvalue weighted by Crippen LogP contribution is 2.43. The lowest BCUT2D eigenvalue weighted by atomic mass is 9.66. The number of Topliss-reactive ketones (excluding diaryl/α,β-unsaturated/α-hetero) is 1. The Kier molecular flexibility index (Phi) is 6.43. The summed E-state index contributed by atoms with van der Waals surface area (Å²) in [6, 6.07) is 24.2. The monoisotopic (exact) mass is 463 g/mol. The first-order valence-corrected chi connectivity index (χ1v) is 10.9. The van der Waals surface area contributed by atoms with Gasteiger partial charge in [-0.3, -0.25) is 4.79 Å². The van der Waals surface area contributed by atoms with Crippen molar-refractivity contribution in [2.24, 2.45) is 0 Å². The number of rotatable bonds is 5. The molecule has 0 unspecified atom stereocenters. The number of carboxylic acids is 2. The number of aromatic carboxylic acids is 2. The maximum absolute atomic E-state index is 13.5. The second-order valence-electron chi connectivity index (χ2n) is 8.44. The van der Waals surface area contributed by atoms with Gasteiger partial charge in [-0.2, -0.15) is 5.26 Å². The Balaban J connectivity index is 1.80. The van der Waals surface area contributed by atoms with Crippen molar-refractivity contribution in [3.8, 4) is 6.07 Å². The number of nitrogens with zero attached hydrogens (tertiary/aromatic N) is 1. The molecule has 6 heteroatoms. The third-order valence-electron chi connectivity index (χ3n) is 6.11. The molecule has 35 heavy (non-hydrogen) atoms. The van der Waals surface area contributed by atoms with Crippen LogP contribution in [0.5, 0.6) is 0 Å². The van der Waals surface area contributed by atoms with E-state index in [9.17, 15) is 19.6 Å². The fourth-order valence-electron chi connectivity index (χ4n) is 4.26. The van der Waals surface area contributed by atoms with Crippen LogP contribution in [0.25, 0.3) is 12.2 Å². The van der Waals surface area contributed by atoms with Crippen LogP contribution < -0.4 is 0 Å². The summed E-state index contributed by atoms with van der Waals surface area (Å²) >= 11 is 0. The van der Waals surface area contributed by atoms with Crippen LogP contribution in [0, 0.1) is 11.3 Å². The molecule has 0 heterocycles. The van der Waals surface area contributed by atoms with Crippen LogP contribution in [-0.2, 0) is 10.2 Å². The number of hydrogen-bond donors (Lipinski definition) is 2. The van der Waals surface area contributed by atoms with Crippen LogP contribution >= 0.6 is 0 Å². The summed E-state index contributed by atoms with van der Waals surface area (Å²) in [5.41, 5.74) is 2.32. The molecule has 1 aliphatic rings. The predicted octanol–water partition coefficient (Wildman–Crippen LogP) is 5.37. The number of allylic oxidation sites excluding steroid dienone is 2. The van der Waals surface area contributed by atoms with E-state index in [2.05, 4.69) is 6.07 Å². The maximum Gasteiger partial charge on any atom is 0.335 e. The van der Waals surface area contributed by atoms with Crippen molar-refractivity contribution in [3.63, 3.8) is 0 Å². The summed E-state index contributed by atoms with van der Waals surface area (Å²) in [6.45, 7) is 0. The van der Waals surface area contributed by atoms with Crippen molar-refractivity contribution in [2.45, 2.75) is 18.3 Å². The zero-order chi connectivity index (χ0) is 25.0. The van der Waals surface area contributed by atoms with E-state index in [-0.39, 0.29) is 29.8 Å². The molecule has 3 aromatic rings. The van der Waals surface area contributed by atoms with E-state index >= 15 is 0 Å².